The van der Waals surface area contributed by atoms with E-state index in [2.05, 4.69) is 361 Å². The maximum atomic E-state index is 9.67. The molecule has 0 amide bonds. The number of rotatable bonds is 11. The van der Waals surface area contributed by atoms with Crippen LogP contribution in [0, 0.1) is 0 Å². The maximum absolute atomic E-state index is 9.67. The number of halogens is 1. The van der Waals surface area contributed by atoms with Crippen LogP contribution in [-0.2, 0) is 18.6 Å². The summed E-state index contributed by atoms with van der Waals surface area (Å²) in [5.41, 5.74) is 20.9. The van der Waals surface area contributed by atoms with E-state index in [4.69, 9.17) is 125 Å². The molecule has 0 unspecified atom stereocenters. The van der Waals surface area contributed by atoms with Crippen LogP contribution in [0.1, 0.15) is 102 Å². The number of furan rings is 2. The van der Waals surface area contributed by atoms with Crippen LogP contribution in [0.5, 0.6) is 0 Å². The molecule has 0 spiro atoms. The zero-order valence-electron chi connectivity index (χ0n) is 136. The van der Waals surface area contributed by atoms with E-state index in [-0.39, 0.29) is 28.4 Å². The second kappa shape index (κ2) is 32.7. The van der Waals surface area contributed by atoms with Gasteiger partial charge in [0.25, 0.3) is 0 Å². The summed E-state index contributed by atoms with van der Waals surface area (Å²) in [7, 11) is -1.51. The quantitative estimate of drug-likeness (QED) is 0.0971. The maximum Gasteiger partial charge on any atom is 0.489 e. The largest absolute Gasteiger partial charge is 0.489 e. The molecule has 0 aliphatic rings. The number of fused-ring (bicyclic) bond motifs is 8. The standard InChI is InChI=1S/C54H32N2O.C38H23BrO.C22H15BN2O2.B.V.35H2/c1-3-11-33(12-4-1)49-50(34-13-5-2-6-14-34)54(45-28-25-37-21-20-35-15-9-16-36-24-27-43(45)48(37)47(35)36)57-53(49)44-30-29-42(40-18-7-8-19-41(40)44)46-31-26-39-23-22-38-17-10-32-55-51(38)52(39)56-46;39-30-20-16-29(17-21-30)37-35(24-8-3-1-4-9-24)36(25-10-5-2-6-11-25)38(40-37)32-23-19-28-15-14-26-12-7-13-27-18-22-31(32)34(28)33(26)27;26-23(27)19-11-10-18(16-5-1-2-6-17(16)19)20-12-9-15-8-7-14-4-3-13-24-21(14)22(15)25-20;;;;;;;;;;;;;;;;;;;;;;;;;;;;;;;;;;;;;/h1-32H;1-23H;1-13,26-27H;;;35*1H/i;;;;;34*1+1D;1+1. The van der Waals surface area contributed by atoms with Crippen LogP contribution in [0.4, 0.5) is 0 Å². The predicted molar refractivity (Wildman–Crippen MR) is 599 cm³/mol. The number of nitrogens with zero attached hydrogens (tertiary/aromatic N) is 4. The van der Waals surface area contributed by atoms with Crippen LogP contribution in [0.15, 0.2) is 426 Å². The fourth-order valence-corrected chi connectivity index (χ4v) is 19.1. The summed E-state index contributed by atoms with van der Waals surface area (Å²) in [6, 6.07) is 140. The molecule has 0 fully saturated rings. The zero-order chi connectivity index (χ0) is 150. The van der Waals surface area contributed by atoms with Gasteiger partial charge in [-0.2, -0.15) is 0 Å². The van der Waals surface area contributed by atoms with Crippen molar-refractivity contribution < 1.29 is 140 Å². The van der Waals surface area contributed by atoms with Gasteiger partial charge < -0.3 is 18.9 Å². The first-order valence-electron chi connectivity index (χ1n) is 75.6. The molecule has 0 aliphatic carbocycles. The van der Waals surface area contributed by atoms with E-state index in [1.807, 2.05) is 60.8 Å². The van der Waals surface area contributed by atoms with Gasteiger partial charge in [0.15, 0.2) is 0 Å². The minimum atomic E-state index is -1.51. The van der Waals surface area contributed by atoms with Crippen LogP contribution in [0.25, 0.3) is 242 Å². The molecular formula is C114H140B2BrN4O4V. The van der Waals surface area contributed by atoms with Gasteiger partial charge in [0.2, 0.25) is 0 Å². The molecule has 0 saturated heterocycles. The fraction of sp³-hybridized carbons (Fsp3) is 0. The number of hydrogen-bond acceptors (Lipinski definition) is 8. The van der Waals surface area contributed by atoms with Crippen LogP contribution in [0.3, 0.4) is 0 Å². The van der Waals surface area contributed by atoms with E-state index in [0.717, 1.165) is 182 Å². The zero-order valence-corrected chi connectivity index (χ0v) is 70.7. The van der Waals surface area contributed by atoms with Gasteiger partial charge in [-0.15, -0.1) is 0 Å². The monoisotopic (exact) mass is 1850 g/mol. The van der Waals surface area contributed by atoms with Gasteiger partial charge in [-0.05, 0) is 168 Å². The molecule has 4 radical (unpaired) electrons. The minimum Gasteiger partial charge on any atom is -0.455 e. The molecule has 6 aromatic heterocycles. The van der Waals surface area contributed by atoms with E-state index < -0.39 is 7.12 Å². The van der Waals surface area contributed by atoms with Gasteiger partial charge >= 0.3 is 7.12 Å². The summed E-state index contributed by atoms with van der Waals surface area (Å²) in [5.74, 6) is 3.46. The Balaban J connectivity index is -0.000000160. The molecular weight excluding hydrogens is 1640 g/mol. The first-order valence-corrected chi connectivity index (χ1v) is 42.4. The SMILES string of the molecule is Brc1ccc(-c2oc(-c3ccc4ccc5cccc6ccc3c4c56)c(-c3ccccc3)c2-c2ccccc2)cc1.OB(O)c1ccc(-c2ccc3ccc4cccnc4c3n2)c2ccccc12.[2HH].[2H][2H].[2H][2H].[2H][2H].[2H][2H].[2H][2H].[2H][2H].[2H][2H].[2H][2H].[2H][2H].[2H][2H].[2H][2H].[2H][2H].[2H][2H].[2H][2H].[2H][2H].[2H][2H].[2H][2H].[2H][2H].[2H][2H].[2H][2H].[2H][2H].[2H][2H].[2H][2H].[2H][2H].[2H][2H].[2H][2H].[2H][2H].[2H][2H].[2H][2H].[2H][2H].[2H][2H].[2H][2H].[2H][2H].[2H][2H].[B].[V].c1ccc(-c2c(-c3ccc(-c4ccc5ccc6cccnc6c5n4)c4ccccc34)oc(-c3ccc4ccc5cccc6ccc3c4c56)c2-c2ccccc2)cc1. The van der Waals surface area contributed by atoms with Crippen molar-refractivity contribution in [2.75, 3.05) is 0 Å². The van der Waals surface area contributed by atoms with E-state index in [0.29, 0.717) is 5.46 Å². The summed E-state index contributed by atoms with van der Waals surface area (Å²) in [6.07, 6.45) is 3.62. The third-order valence-electron chi connectivity index (χ3n) is 24.5. The molecule has 0 atom stereocenters. The van der Waals surface area contributed by atoms with Gasteiger partial charge in [-0.3, -0.25) is 9.97 Å². The first kappa shape index (κ1) is 49.4. The van der Waals surface area contributed by atoms with Crippen molar-refractivity contribution >= 4 is 167 Å². The fourth-order valence-electron chi connectivity index (χ4n) is 18.9. The van der Waals surface area contributed by atoms with Crippen LogP contribution in [0.2, 0.25) is 0 Å². The normalized spacial score (nSPS) is 13.6. The van der Waals surface area contributed by atoms with E-state index in [1.165, 1.54) is 64.6 Å². The molecule has 6 heterocycles. The second-order valence-corrected chi connectivity index (χ2v) is 32.5. The molecule has 25 rings (SSSR count). The minimum absolute atomic E-state index is 0. The van der Waals surface area contributed by atoms with Gasteiger partial charge in [0.1, 0.15) is 23.0 Å². The number of hydrogen-bond donors (Lipinski definition) is 2. The summed E-state index contributed by atoms with van der Waals surface area (Å²) in [5, 5.41) is 42.5. The molecule has 0 saturated carbocycles. The first-order chi connectivity index (χ1) is 95.3. The third-order valence-corrected chi connectivity index (χ3v) is 25.1. The van der Waals surface area contributed by atoms with Crippen molar-refractivity contribution in [1.82, 2.24) is 19.9 Å². The molecule has 8 nitrogen and oxygen atoms in total. The molecule has 12 heteroatoms. The van der Waals surface area contributed by atoms with Crippen molar-refractivity contribution in [3.05, 3.63) is 417 Å². The molecule has 19 aromatic carbocycles. The second-order valence-electron chi connectivity index (χ2n) is 31.6. The molecule has 0 aliphatic heterocycles. The molecule has 0 bridgehead atoms. The summed E-state index contributed by atoms with van der Waals surface area (Å²) >= 11 is 3.60. The number of aromatic nitrogens is 4. The average Bonchev–Trinajstić information content (AvgIpc) is 1.59. The smallest absolute Gasteiger partial charge is 0.455 e. The van der Waals surface area contributed by atoms with Crippen LogP contribution in [-0.4, -0.2) is 45.5 Å². The summed E-state index contributed by atoms with van der Waals surface area (Å²) < 4.78 is 356. The van der Waals surface area contributed by atoms with Gasteiger partial charge in [0, 0.05) is 223 Å². The Bertz CT molecular complexity index is 8640. The Hall–Kier alpha value is -14.9. The van der Waals surface area contributed by atoms with Gasteiger partial charge in [-0.25, -0.2) is 9.97 Å². The van der Waals surface area contributed by atoms with E-state index in [1.54, 1.807) is 12.3 Å². The molecule has 25 aromatic rings. The van der Waals surface area contributed by atoms with E-state index in [9.17, 15) is 10.0 Å². The van der Waals surface area contributed by atoms with E-state index >= 15 is 0 Å². The summed E-state index contributed by atoms with van der Waals surface area (Å²) in [4.78, 5) is 19.4. The molecule has 2 N–H and O–H groups in total. The summed E-state index contributed by atoms with van der Waals surface area (Å²) in [6.45, 7) is 0. The Kier molecular flexibility index (Phi) is 12.8. The Morgan fingerprint density at radius 1 is 0.246 bits per heavy atom. The molecule has 126 heavy (non-hydrogen) atoms. The Labute approximate surface area is 854 Å². The number of pyridine rings is 4. The van der Waals surface area contributed by atoms with Crippen molar-refractivity contribution in [3.63, 3.8) is 0 Å². The van der Waals surface area contributed by atoms with Gasteiger partial charge in [-0.1, -0.05) is 362 Å². The molecule has 658 valence electrons. The van der Waals surface area contributed by atoms with Crippen molar-refractivity contribution in [3.8, 4) is 112 Å². The van der Waals surface area contributed by atoms with Crippen molar-refractivity contribution in [2.45, 2.75) is 0 Å². The number of benzene rings is 19. The van der Waals surface area contributed by atoms with Gasteiger partial charge in [0.05, 0.1) is 33.5 Å². The van der Waals surface area contributed by atoms with Crippen LogP contribution >= 0.6 is 15.9 Å². The average molecular weight is 1850 g/mol. The van der Waals surface area contributed by atoms with Crippen molar-refractivity contribution in [1.29, 1.82) is 0 Å². The Morgan fingerprint density at radius 2 is 0.548 bits per heavy atom. The predicted octanol–water partition coefficient (Wildman–Crippen LogP) is 37.9. The van der Waals surface area contributed by atoms with Crippen molar-refractivity contribution in [2.24, 2.45) is 0 Å². The third kappa shape index (κ3) is 13.5. The topological polar surface area (TPSA) is 118 Å². The Morgan fingerprint density at radius 3 is 0.976 bits per heavy atom. The van der Waals surface area contributed by atoms with Crippen LogP contribution < -0.4 is 5.46 Å².